The van der Waals surface area contributed by atoms with Gasteiger partial charge in [-0.1, -0.05) is 6.07 Å². The molecule has 0 saturated heterocycles. The van der Waals surface area contributed by atoms with Crippen LogP contribution in [0.25, 0.3) is 0 Å². The zero-order valence-corrected chi connectivity index (χ0v) is 11.2. The summed E-state index contributed by atoms with van der Waals surface area (Å²) in [7, 11) is 1.49. The van der Waals surface area contributed by atoms with Crippen molar-refractivity contribution in [2.75, 3.05) is 12.4 Å². The summed E-state index contributed by atoms with van der Waals surface area (Å²) in [6.45, 7) is 1.70. The number of anilines is 1. The average molecular weight is 279 g/mol. The van der Waals surface area contributed by atoms with Gasteiger partial charge in [-0.25, -0.2) is 8.78 Å². The van der Waals surface area contributed by atoms with Gasteiger partial charge in [-0.2, -0.15) is 0 Å². The summed E-state index contributed by atoms with van der Waals surface area (Å²) in [5.74, 6) is -0.636. The van der Waals surface area contributed by atoms with Crippen LogP contribution in [0.15, 0.2) is 36.4 Å². The Bertz CT molecular complexity index is 617. The van der Waals surface area contributed by atoms with E-state index in [-0.39, 0.29) is 11.4 Å². The smallest absolute Gasteiger partial charge is 0.146 e. The molecule has 1 unspecified atom stereocenters. The van der Waals surface area contributed by atoms with E-state index in [1.807, 2.05) is 0 Å². The number of ether oxygens (including phenoxy) is 1. The van der Waals surface area contributed by atoms with Crippen LogP contribution < -0.4 is 10.1 Å². The fraction of sp³-hybridized carbons (Fsp3) is 0.200. The van der Waals surface area contributed by atoms with Crippen molar-refractivity contribution in [3.8, 4) is 11.5 Å². The SMILES string of the molecule is COc1ccc(F)c(NC(C)c2ccc(O)cc2F)c1. The highest BCUT2D eigenvalue weighted by molar-refractivity contribution is 5.51. The van der Waals surface area contributed by atoms with E-state index in [0.29, 0.717) is 11.3 Å². The third-order valence-corrected chi connectivity index (χ3v) is 3.00. The molecule has 0 aliphatic carbocycles. The van der Waals surface area contributed by atoms with Gasteiger partial charge in [-0.05, 0) is 25.1 Å². The first-order valence-electron chi connectivity index (χ1n) is 6.09. The number of phenolic OH excluding ortho intramolecular Hbond substituents is 1. The van der Waals surface area contributed by atoms with Crippen molar-refractivity contribution in [3.63, 3.8) is 0 Å². The summed E-state index contributed by atoms with van der Waals surface area (Å²) in [5.41, 5.74) is 0.564. The number of hydrogen-bond donors (Lipinski definition) is 2. The second kappa shape index (κ2) is 5.77. The summed E-state index contributed by atoms with van der Waals surface area (Å²) in [6.07, 6.45) is 0. The first-order chi connectivity index (χ1) is 9.51. The minimum Gasteiger partial charge on any atom is -0.508 e. The molecule has 0 aliphatic heterocycles. The first-order valence-corrected chi connectivity index (χ1v) is 6.09. The van der Waals surface area contributed by atoms with Gasteiger partial charge < -0.3 is 15.2 Å². The summed E-state index contributed by atoms with van der Waals surface area (Å²) in [6, 6.07) is 7.70. The molecule has 0 aromatic heterocycles. The van der Waals surface area contributed by atoms with Gasteiger partial charge in [0.05, 0.1) is 18.8 Å². The molecule has 0 bridgehead atoms. The van der Waals surface area contributed by atoms with Crippen LogP contribution in [0, 0.1) is 11.6 Å². The monoisotopic (exact) mass is 279 g/mol. The maximum atomic E-state index is 13.7. The fourth-order valence-electron chi connectivity index (χ4n) is 1.92. The molecule has 0 spiro atoms. The summed E-state index contributed by atoms with van der Waals surface area (Å²) in [4.78, 5) is 0. The van der Waals surface area contributed by atoms with Crippen molar-refractivity contribution >= 4 is 5.69 Å². The van der Waals surface area contributed by atoms with E-state index < -0.39 is 17.7 Å². The van der Waals surface area contributed by atoms with Crippen molar-refractivity contribution in [2.45, 2.75) is 13.0 Å². The van der Waals surface area contributed by atoms with Gasteiger partial charge in [0.2, 0.25) is 0 Å². The number of nitrogens with one attached hydrogen (secondary N) is 1. The van der Waals surface area contributed by atoms with Crippen LogP contribution >= 0.6 is 0 Å². The van der Waals surface area contributed by atoms with E-state index >= 15 is 0 Å². The lowest BCUT2D eigenvalue weighted by Gasteiger charge is -2.17. The lowest BCUT2D eigenvalue weighted by atomic mass is 10.1. The molecule has 0 radical (unpaired) electrons. The molecule has 5 heteroatoms. The van der Waals surface area contributed by atoms with Gasteiger partial charge in [0.1, 0.15) is 23.1 Å². The summed E-state index contributed by atoms with van der Waals surface area (Å²) < 4.78 is 32.4. The molecule has 0 fully saturated rings. The zero-order chi connectivity index (χ0) is 14.7. The Labute approximate surface area is 115 Å². The summed E-state index contributed by atoms with van der Waals surface area (Å²) >= 11 is 0. The zero-order valence-electron chi connectivity index (χ0n) is 11.2. The van der Waals surface area contributed by atoms with E-state index in [0.717, 1.165) is 6.07 Å². The van der Waals surface area contributed by atoms with E-state index in [1.54, 1.807) is 6.92 Å². The Morgan fingerprint density at radius 3 is 2.50 bits per heavy atom. The Balaban J connectivity index is 2.25. The third kappa shape index (κ3) is 2.99. The van der Waals surface area contributed by atoms with Crippen LogP contribution in [0.5, 0.6) is 11.5 Å². The van der Waals surface area contributed by atoms with E-state index in [2.05, 4.69) is 5.32 Å². The lowest BCUT2D eigenvalue weighted by molar-refractivity contribution is 0.414. The molecule has 2 aromatic rings. The highest BCUT2D eigenvalue weighted by atomic mass is 19.1. The van der Waals surface area contributed by atoms with Crippen LogP contribution in [0.3, 0.4) is 0 Å². The van der Waals surface area contributed by atoms with Crippen LogP contribution in [0.4, 0.5) is 14.5 Å². The molecule has 2 N–H and O–H groups in total. The molecule has 106 valence electrons. The van der Waals surface area contributed by atoms with E-state index in [9.17, 15) is 13.9 Å². The largest absolute Gasteiger partial charge is 0.508 e. The summed E-state index contributed by atoms with van der Waals surface area (Å²) in [5, 5.41) is 12.1. The van der Waals surface area contributed by atoms with Crippen LogP contribution in [0.1, 0.15) is 18.5 Å². The minimum atomic E-state index is -0.548. The maximum absolute atomic E-state index is 13.7. The Morgan fingerprint density at radius 2 is 1.85 bits per heavy atom. The van der Waals surface area contributed by atoms with Crippen molar-refractivity contribution < 1.29 is 18.6 Å². The number of aromatic hydroxyl groups is 1. The molecular formula is C15H15F2NO2. The van der Waals surface area contributed by atoms with Crippen molar-refractivity contribution in [3.05, 3.63) is 53.6 Å². The molecule has 3 nitrogen and oxygen atoms in total. The van der Waals surface area contributed by atoms with Gasteiger partial charge in [0.15, 0.2) is 0 Å². The number of benzene rings is 2. The highest BCUT2D eigenvalue weighted by Gasteiger charge is 2.13. The Kier molecular flexibility index (Phi) is 4.08. The van der Waals surface area contributed by atoms with Crippen LogP contribution in [0.2, 0.25) is 0 Å². The van der Waals surface area contributed by atoms with Crippen LogP contribution in [-0.4, -0.2) is 12.2 Å². The van der Waals surface area contributed by atoms with Gasteiger partial charge in [-0.15, -0.1) is 0 Å². The van der Waals surface area contributed by atoms with Crippen molar-refractivity contribution in [1.82, 2.24) is 0 Å². The molecule has 0 amide bonds. The molecule has 0 aliphatic rings. The molecular weight excluding hydrogens is 264 g/mol. The predicted molar refractivity (Wildman–Crippen MR) is 73.1 cm³/mol. The average Bonchev–Trinajstić information content (AvgIpc) is 2.41. The minimum absolute atomic E-state index is 0.147. The molecule has 0 saturated carbocycles. The number of methoxy groups -OCH3 is 1. The third-order valence-electron chi connectivity index (χ3n) is 3.00. The quantitative estimate of drug-likeness (QED) is 0.893. The Hall–Kier alpha value is -2.30. The lowest BCUT2D eigenvalue weighted by Crippen LogP contribution is -2.09. The Morgan fingerprint density at radius 1 is 1.10 bits per heavy atom. The normalized spacial score (nSPS) is 12.0. The first kappa shape index (κ1) is 14.1. The van der Waals surface area contributed by atoms with Gasteiger partial charge in [-0.3, -0.25) is 0 Å². The molecule has 20 heavy (non-hydrogen) atoms. The maximum Gasteiger partial charge on any atom is 0.146 e. The highest BCUT2D eigenvalue weighted by Crippen LogP contribution is 2.27. The standard InChI is InChI=1S/C15H15F2NO2/c1-9(12-5-3-10(19)7-14(12)17)18-15-8-11(20-2)4-6-13(15)16/h3-9,18-19H,1-2H3. The second-order valence-corrected chi connectivity index (χ2v) is 4.42. The number of halogens is 2. The number of hydrogen-bond acceptors (Lipinski definition) is 3. The van der Waals surface area contributed by atoms with Crippen molar-refractivity contribution in [1.29, 1.82) is 0 Å². The predicted octanol–water partition coefficient (Wildman–Crippen LogP) is 3.85. The van der Waals surface area contributed by atoms with E-state index in [4.69, 9.17) is 4.74 Å². The second-order valence-electron chi connectivity index (χ2n) is 4.42. The number of phenols is 1. The fourth-order valence-corrected chi connectivity index (χ4v) is 1.92. The van der Waals surface area contributed by atoms with Crippen molar-refractivity contribution in [2.24, 2.45) is 0 Å². The van der Waals surface area contributed by atoms with Gasteiger partial charge in [0, 0.05) is 17.7 Å². The van der Waals surface area contributed by atoms with Gasteiger partial charge in [0.25, 0.3) is 0 Å². The molecule has 0 heterocycles. The van der Waals surface area contributed by atoms with E-state index in [1.165, 1.54) is 37.4 Å². The molecule has 2 rings (SSSR count). The molecule has 1 atom stereocenters. The topological polar surface area (TPSA) is 41.5 Å². The van der Waals surface area contributed by atoms with Gasteiger partial charge >= 0.3 is 0 Å². The number of rotatable bonds is 4. The molecule has 2 aromatic carbocycles. The van der Waals surface area contributed by atoms with Crippen LogP contribution in [-0.2, 0) is 0 Å².